The first kappa shape index (κ1) is 30.3. The third-order valence-electron chi connectivity index (χ3n) is 5.01. The highest BCUT2D eigenvalue weighted by atomic mass is 127. The minimum atomic E-state index is -7.41. The topological polar surface area (TPSA) is 51.2 Å². The van der Waals surface area contributed by atoms with Crippen LogP contribution in [0, 0.1) is 3.57 Å². The summed E-state index contributed by atoms with van der Waals surface area (Å²) in [5.41, 5.74) is 0.675. The fraction of sp³-hybridized carbons (Fsp3) is 0.364. The van der Waals surface area contributed by atoms with Crippen LogP contribution in [-0.4, -0.2) is 40.3 Å². The van der Waals surface area contributed by atoms with E-state index >= 15 is 0 Å². The Morgan fingerprint density at radius 1 is 0.806 bits per heavy atom. The van der Waals surface area contributed by atoms with Crippen LogP contribution in [0.1, 0.15) is 31.2 Å². The standard InChI is InChI=1S/C22H18F9IO3S/c1-14(15-8-4-2-5-9-15)12-13-17(33)18(32-16-10-6-3-7-11-16)36(34,35)22(30,31)20(25,26)19(23,24)21(27,28)29/h2-11,14H,12-13H2,1H3/t14-/m1/s1. The van der Waals surface area contributed by atoms with Gasteiger partial charge in [0.2, 0.25) is 0 Å². The molecule has 200 valence electrons. The molecule has 0 amide bonds. The molecule has 14 heteroatoms. The van der Waals surface area contributed by atoms with Crippen LogP contribution in [0.25, 0.3) is 0 Å². The molecule has 0 radical (unpaired) electrons. The van der Waals surface area contributed by atoms with Crippen molar-refractivity contribution >= 4 is 39.2 Å². The SMILES string of the molecule is C[C@H](CCC(=O)C(=Ic1ccccc1)S(=O)(=O)C(F)(F)C(F)(F)C(F)(F)C(F)(F)F)c1ccccc1. The predicted molar refractivity (Wildman–Crippen MR) is 123 cm³/mol. The lowest BCUT2D eigenvalue weighted by molar-refractivity contribution is -0.382. The Labute approximate surface area is 210 Å². The van der Waals surface area contributed by atoms with Gasteiger partial charge < -0.3 is 0 Å². The molecular formula is C22H18F9IO3S. The van der Waals surface area contributed by atoms with E-state index in [1.807, 2.05) is 0 Å². The van der Waals surface area contributed by atoms with Crippen LogP contribution in [0.4, 0.5) is 39.5 Å². The summed E-state index contributed by atoms with van der Waals surface area (Å²) < 4.78 is 144. The van der Waals surface area contributed by atoms with Crippen molar-refractivity contribution in [3.05, 3.63) is 69.8 Å². The van der Waals surface area contributed by atoms with Crippen molar-refractivity contribution in [1.82, 2.24) is 0 Å². The Morgan fingerprint density at radius 3 is 1.75 bits per heavy atom. The molecule has 0 N–H and O–H groups in total. The van der Waals surface area contributed by atoms with Crippen LogP contribution in [0.15, 0.2) is 60.7 Å². The van der Waals surface area contributed by atoms with Gasteiger partial charge in [0.15, 0.2) is 5.78 Å². The molecule has 0 aliphatic rings. The van der Waals surface area contributed by atoms with E-state index in [4.69, 9.17) is 0 Å². The minimum Gasteiger partial charge on any atom is -0.293 e. The molecular weight excluding hydrogens is 642 g/mol. The van der Waals surface area contributed by atoms with E-state index in [9.17, 15) is 52.7 Å². The Bertz CT molecular complexity index is 1200. The van der Waals surface area contributed by atoms with Crippen molar-refractivity contribution in [2.45, 2.75) is 49.0 Å². The Kier molecular flexibility index (Phi) is 9.07. The zero-order chi connectivity index (χ0) is 27.6. The predicted octanol–water partition coefficient (Wildman–Crippen LogP) is 6.95. The fourth-order valence-electron chi connectivity index (χ4n) is 2.87. The summed E-state index contributed by atoms with van der Waals surface area (Å²) in [5, 5.41) is -6.94. The highest BCUT2D eigenvalue weighted by Gasteiger charge is 2.85. The van der Waals surface area contributed by atoms with Gasteiger partial charge in [-0.25, -0.2) is 8.42 Å². The molecule has 3 nitrogen and oxygen atoms in total. The average molecular weight is 660 g/mol. The number of carbonyl (C=O) groups excluding carboxylic acids is 1. The molecule has 0 heterocycles. The van der Waals surface area contributed by atoms with Gasteiger partial charge in [-0.2, -0.15) is 39.5 Å². The first-order valence-electron chi connectivity index (χ1n) is 9.97. The van der Waals surface area contributed by atoms with Gasteiger partial charge in [-0.05, 0) is 30.0 Å². The number of benzene rings is 2. The second-order valence-corrected chi connectivity index (χ2v) is 13.1. The van der Waals surface area contributed by atoms with Gasteiger partial charge in [0.25, 0.3) is 9.84 Å². The molecule has 0 aromatic heterocycles. The molecule has 0 spiro atoms. The number of halogens is 10. The zero-order valence-electron chi connectivity index (χ0n) is 18.2. The first-order valence-corrected chi connectivity index (χ1v) is 13.6. The lowest BCUT2D eigenvalue weighted by Gasteiger charge is -2.33. The molecule has 2 aromatic carbocycles. The van der Waals surface area contributed by atoms with E-state index in [1.165, 1.54) is 30.3 Å². The van der Waals surface area contributed by atoms with Gasteiger partial charge in [0.1, 0.15) is 2.84 Å². The largest absolute Gasteiger partial charge is 0.460 e. The Morgan fingerprint density at radius 2 is 1.28 bits per heavy atom. The van der Waals surface area contributed by atoms with Crippen LogP contribution in [0.3, 0.4) is 0 Å². The number of carbonyl (C=O) groups is 1. The summed E-state index contributed by atoms with van der Waals surface area (Å²) in [6, 6.07) is 14.7. The normalized spacial score (nSPS) is 15.2. The molecule has 0 bridgehead atoms. The summed E-state index contributed by atoms with van der Waals surface area (Å²) in [6.07, 6.45) is -8.09. The van der Waals surface area contributed by atoms with Crippen LogP contribution in [-0.2, 0) is 14.6 Å². The molecule has 1 atom stereocenters. The lowest BCUT2D eigenvalue weighted by Crippen LogP contribution is -2.64. The monoisotopic (exact) mass is 660 g/mol. The molecule has 36 heavy (non-hydrogen) atoms. The van der Waals surface area contributed by atoms with Gasteiger partial charge in [-0.1, -0.05) is 76.2 Å². The number of ketones is 1. The van der Waals surface area contributed by atoms with Crippen LogP contribution >= 0.6 is 20.7 Å². The number of alkyl halides is 9. The maximum Gasteiger partial charge on any atom is 0.460 e. The maximum absolute atomic E-state index is 14.5. The van der Waals surface area contributed by atoms with E-state index in [2.05, 4.69) is 0 Å². The molecule has 2 aromatic rings. The zero-order valence-corrected chi connectivity index (χ0v) is 21.2. The van der Waals surface area contributed by atoms with E-state index in [0.29, 0.717) is 5.56 Å². The lowest BCUT2D eigenvalue weighted by atomic mass is 9.95. The third kappa shape index (κ3) is 5.78. The molecule has 0 saturated carbocycles. The molecule has 2 rings (SSSR count). The number of hydrogen-bond acceptors (Lipinski definition) is 3. The second-order valence-electron chi connectivity index (χ2n) is 7.60. The van der Waals surface area contributed by atoms with Crippen molar-refractivity contribution in [2.24, 2.45) is 0 Å². The summed E-state index contributed by atoms with van der Waals surface area (Å²) in [7, 11) is -6.96. The number of hydrogen-bond donors (Lipinski definition) is 0. The summed E-state index contributed by atoms with van der Waals surface area (Å²) in [5.74, 6) is -16.8. The minimum absolute atomic E-state index is 0.0407. The van der Waals surface area contributed by atoms with Crippen LogP contribution < -0.4 is 0 Å². The smallest absolute Gasteiger partial charge is 0.293 e. The van der Waals surface area contributed by atoms with Crippen LogP contribution in [0.5, 0.6) is 0 Å². The van der Waals surface area contributed by atoms with Gasteiger partial charge in [-0.3, -0.25) is 4.79 Å². The van der Waals surface area contributed by atoms with E-state index in [0.717, 1.165) is 0 Å². The van der Waals surface area contributed by atoms with Gasteiger partial charge in [0.05, 0.1) is 0 Å². The fourth-order valence-corrected chi connectivity index (χ4v) is 8.27. The Balaban J connectivity index is 2.55. The molecule has 0 aliphatic heterocycles. The maximum atomic E-state index is 14.5. The number of rotatable bonds is 10. The van der Waals surface area contributed by atoms with Crippen molar-refractivity contribution in [3.8, 4) is 0 Å². The average Bonchev–Trinajstić information content (AvgIpc) is 2.80. The van der Waals surface area contributed by atoms with Crippen molar-refractivity contribution in [2.75, 3.05) is 0 Å². The van der Waals surface area contributed by atoms with E-state index in [-0.39, 0.29) is 9.99 Å². The first-order chi connectivity index (χ1) is 16.4. The van der Waals surface area contributed by atoms with Crippen molar-refractivity contribution < 1.29 is 52.7 Å². The van der Waals surface area contributed by atoms with Gasteiger partial charge in [0, 0.05) is 9.99 Å². The molecule has 0 unspecified atom stereocenters. The van der Waals surface area contributed by atoms with Crippen molar-refractivity contribution in [3.63, 3.8) is 0 Å². The van der Waals surface area contributed by atoms with Gasteiger partial charge >= 0.3 is 23.3 Å². The van der Waals surface area contributed by atoms with E-state index in [1.54, 1.807) is 37.3 Å². The number of sulfone groups is 1. The summed E-state index contributed by atoms with van der Waals surface area (Å²) in [6.45, 7) is 1.61. The third-order valence-corrected chi connectivity index (χ3v) is 11.3. The molecule has 0 saturated heterocycles. The highest BCUT2D eigenvalue weighted by Crippen LogP contribution is 2.55. The summed E-state index contributed by atoms with van der Waals surface area (Å²) in [4.78, 5) is 12.8. The second kappa shape index (κ2) is 10.8. The van der Waals surface area contributed by atoms with E-state index < -0.39 is 74.8 Å². The van der Waals surface area contributed by atoms with Gasteiger partial charge in [-0.15, -0.1) is 0 Å². The summed E-state index contributed by atoms with van der Waals surface area (Å²) >= 11 is -2.50. The van der Waals surface area contributed by atoms with Crippen LogP contribution in [0.2, 0.25) is 0 Å². The molecule has 0 fully saturated rings. The van der Waals surface area contributed by atoms with Crippen molar-refractivity contribution in [1.29, 1.82) is 0 Å². The quantitative estimate of drug-likeness (QED) is 0.205. The number of Topliss-reactive ketones (excluding diaryl/α,β-unsaturated/α-hetero) is 1. The highest BCUT2D eigenvalue weighted by molar-refractivity contribution is 14.2. The molecule has 0 aliphatic carbocycles. The Hall–Kier alpha value is -1.97.